The van der Waals surface area contributed by atoms with Crippen molar-refractivity contribution in [3.8, 4) is 0 Å². The minimum Gasteiger partial charge on any atom is -0.459 e. The number of ether oxygens (including phenoxy) is 2. The fourth-order valence-corrected chi connectivity index (χ4v) is 3.99. The molecule has 0 spiro atoms. The lowest BCUT2D eigenvalue weighted by Crippen LogP contribution is -2.32. The Morgan fingerprint density at radius 2 is 2.11 bits per heavy atom. The molecule has 1 aromatic carbocycles. The molecule has 1 aromatic heterocycles. The number of hydrogen-bond donors (Lipinski definition) is 2. The highest BCUT2D eigenvalue weighted by molar-refractivity contribution is 9.10. The molecule has 28 heavy (non-hydrogen) atoms. The maximum Gasteiger partial charge on any atom is 0.286 e. The van der Waals surface area contributed by atoms with E-state index in [0.29, 0.717) is 31.8 Å². The molecule has 0 unspecified atom stereocenters. The van der Waals surface area contributed by atoms with Crippen LogP contribution in [0, 0.1) is 0 Å². The van der Waals surface area contributed by atoms with E-state index < -0.39 is 6.29 Å². The van der Waals surface area contributed by atoms with Gasteiger partial charge in [-0.05, 0) is 48.1 Å². The predicted octanol–water partition coefficient (Wildman–Crippen LogP) is 4.33. The molecular weight excluding hydrogens is 442 g/mol. The highest BCUT2D eigenvalue weighted by Crippen LogP contribution is 2.33. The molecule has 2 atom stereocenters. The van der Waals surface area contributed by atoms with Crippen LogP contribution in [-0.2, 0) is 20.8 Å². The van der Waals surface area contributed by atoms with Crippen LogP contribution >= 0.6 is 27.3 Å². The number of thiophene rings is 1. The Kier molecular flexibility index (Phi) is 8.09. The summed E-state index contributed by atoms with van der Waals surface area (Å²) >= 11 is 5.07. The topological polar surface area (TPSA) is 67.8 Å². The van der Waals surface area contributed by atoms with Gasteiger partial charge in [0.2, 0.25) is 6.29 Å². The van der Waals surface area contributed by atoms with E-state index in [4.69, 9.17) is 14.6 Å². The zero-order valence-electron chi connectivity index (χ0n) is 15.5. The van der Waals surface area contributed by atoms with E-state index >= 15 is 0 Å². The number of halogens is 1. The van der Waals surface area contributed by atoms with E-state index in [1.165, 1.54) is 4.88 Å². The minimum absolute atomic E-state index is 0.0880. The van der Waals surface area contributed by atoms with E-state index in [0.717, 1.165) is 16.5 Å². The fraction of sp³-hybridized carbons (Fsp3) is 0.381. The number of hydrogen-bond acceptors (Lipinski definition) is 5. The second-order valence-electron chi connectivity index (χ2n) is 6.55. The van der Waals surface area contributed by atoms with Crippen LogP contribution in [0.25, 0.3) is 0 Å². The normalized spacial score (nSPS) is 19.0. The zero-order chi connectivity index (χ0) is 19.8. The predicted molar refractivity (Wildman–Crippen MR) is 113 cm³/mol. The summed E-state index contributed by atoms with van der Waals surface area (Å²) in [6, 6.07) is 11.9. The summed E-state index contributed by atoms with van der Waals surface area (Å²) in [5, 5.41) is 13.9. The van der Waals surface area contributed by atoms with Crippen molar-refractivity contribution in [1.29, 1.82) is 0 Å². The summed E-state index contributed by atoms with van der Waals surface area (Å²) < 4.78 is 12.6. The first kappa shape index (κ1) is 21.0. The largest absolute Gasteiger partial charge is 0.459 e. The molecule has 150 valence electrons. The van der Waals surface area contributed by atoms with Crippen LogP contribution in [-0.4, -0.2) is 30.5 Å². The molecule has 2 heterocycles. The van der Waals surface area contributed by atoms with Gasteiger partial charge in [-0.15, -0.1) is 11.3 Å². The van der Waals surface area contributed by atoms with E-state index in [2.05, 4.69) is 27.3 Å². The van der Waals surface area contributed by atoms with Gasteiger partial charge < -0.3 is 19.9 Å². The number of nitrogens with one attached hydrogen (secondary N) is 1. The lowest BCUT2D eigenvalue weighted by molar-refractivity contribution is -0.146. The van der Waals surface area contributed by atoms with E-state index in [1.807, 2.05) is 41.8 Å². The Labute approximate surface area is 177 Å². The number of amides is 1. The summed E-state index contributed by atoms with van der Waals surface area (Å²) in [6.07, 6.45) is 3.54. The molecule has 0 radical (unpaired) electrons. The van der Waals surface area contributed by atoms with Gasteiger partial charge in [-0.2, -0.15) is 0 Å². The van der Waals surface area contributed by atoms with E-state index in [-0.39, 0.29) is 18.4 Å². The average Bonchev–Trinajstić information content (AvgIpc) is 3.25. The maximum atomic E-state index is 12.7. The molecule has 3 rings (SSSR count). The van der Waals surface area contributed by atoms with Crippen molar-refractivity contribution in [2.45, 2.75) is 38.0 Å². The van der Waals surface area contributed by atoms with Crippen LogP contribution in [0.2, 0.25) is 0 Å². The number of allylic oxidation sites excluding steroid dienone is 1. The standard InChI is InChI=1S/C21H24BrNO4S/c22-17-7-5-15(6-8-17)14-23-21(25)18-12-16(19-4-3-11-28-19)13-20(27-18)26-10-2-1-9-24/h3-8,11-12,16,20,24H,1-2,9-10,13-14H2,(H,23,25)/t16-,20+/m1/s1. The minimum atomic E-state index is -0.468. The second kappa shape index (κ2) is 10.8. The van der Waals surface area contributed by atoms with Crippen LogP contribution in [0.3, 0.4) is 0 Å². The number of benzene rings is 1. The summed E-state index contributed by atoms with van der Waals surface area (Å²) in [7, 11) is 0. The van der Waals surface area contributed by atoms with Crippen molar-refractivity contribution < 1.29 is 19.4 Å². The van der Waals surface area contributed by atoms with Gasteiger partial charge in [0.25, 0.3) is 5.91 Å². The molecule has 1 aliphatic heterocycles. The molecule has 2 aromatic rings. The van der Waals surface area contributed by atoms with Gasteiger partial charge in [0.05, 0.1) is 6.61 Å². The Bertz CT molecular complexity index is 776. The summed E-state index contributed by atoms with van der Waals surface area (Å²) in [6.45, 7) is 1.07. The number of carbonyl (C=O) groups is 1. The van der Waals surface area contributed by atoms with Crippen molar-refractivity contribution >= 4 is 33.2 Å². The molecule has 1 amide bonds. The molecule has 0 saturated carbocycles. The van der Waals surface area contributed by atoms with E-state index in [1.54, 1.807) is 11.3 Å². The smallest absolute Gasteiger partial charge is 0.286 e. The fourth-order valence-electron chi connectivity index (χ4n) is 2.92. The Morgan fingerprint density at radius 3 is 2.82 bits per heavy atom. The monoisotopic (exact) mass is 465 g/mol. The third-order valence-electron chi connectivity index (χ3n) is 4.41. The number of aliphatic hydroxyl groups excluding tert-OH is 1. The Balaban J connectivity index is 1.63. The van der Waals surface area contributed by atoms with Crippen LogP contribution in [0.4, 0.5) is 0 Å². The van der Waals surface area contributed by atoms with Crippen LogP contribution in [0.15, 0.2) is 58.1 Å². The van der Waals surface area contributed by atoms with Crippen LogP contribution < -0.4 is 5.32 Å². The van der Waals surface area contributed by atoms with Crippen LogP contribution in [0.5, 0.6) is 0 Å². The zero-order valence-corrected chi connectivity index (χ0v) is 17.9. The van der Waals surface area contributed by atoms with Crippen molar-refractivity contribution in [1.82, 2.24) is 5.32 Å². The molecule has 0 aliphatic carbocycles. The molecule has 1 aliphatic rings. The van der Waals surface area contributed by atoms with Gasteiger partial charge in [-0.1, -0.05) is 34.1 Å². The maximum absolute atomic E-state index is 12.7. The third-order valence-corrected chi connectivity index (χ3v) is 5.95. The van der Waals surface area contributed by atoms with Crippen LogP contribution in [0.1, 0.15) is 35.6 Å². The van der Waals surface area contributed by atoms with Crippen molar-refractivity contribution in [3.63, 3.8) is 0 Å². The number of carbonyl (C=O) groups excluding carboxylic acids is 1. The number of rotatable bonds is 9. The molecule has 2 N–H and O–H groups in total. The van der Waals surface area contributed by atoms with Crippen molar-refractivity contribution in [3.05, 3.63) is 68.5 Å². The first-order chi connectivity index (χ1) is 13.7. The highest BCUT2D eigenvalue weighted by Gasteiger charge is 2.29. The number of unbranched alkanes of at least 4 members (excludes halogenated alkanes) is 1. The first-order valence-corrected chi connectivity index (χ1v) is 11.0. The third kappa shape index (κ3) is 6.17. The van der Waals surface area contributed by atoms with Crippen molar-refractivity contribution in [2.75, 3.05) is 13.2 Å². The first-order valence-electron chi connectivity index (χ1n) is 9.32. The van der Waals surface area contributed by atoms with Gasteiger partial charge in [0.15, 0.2) is 5.76 Å². The summed E-state index contributed by atoms with van der Waals surface area (Å²) in [5.41, 5.74) is 1.01. The summed E-state index contributed by atoms with van der Waals surface area (Å²) in [4.78, 5) is 13.9. The average molecular weight is 466 g/mol. The molecular formula is C21H24BrNO4S. The molecule has 0 fully saturated rings. The van der Waals surface area contributed by atoms with Gasteiger partial charge in [0.1, 0.15) is 0 Å². The lowest BCUT2D eigenvalue weighted by atomic mass is 9.99. The molecule has 7 heteroatoms. The lowest BCUT2D eigenvalue weighted by Gasteiger charge is -2.28. The Morgan fingerprint density at radius 1 is 1.29 bits per heavy atom. The Hall–Kier alpha value is -1.67. The molecule has 0 bridgehead atoms. The van der Waals surface area contributed by atoms with Gasteiger partial charge >= 0.3 is 0 Å². The highest BCUT2D eigenvalue weighted by atomic mass is 79.9. The second-order valence-corrected chi connectivity index (χ2v) is 8.44. The van der Waals surface area contributed by atoms with Gasteiger partial charge in [0, 0.05) is 34.8 Å². The van der Waals surface area contributed by atoms with Gasteiger partial charge in [-0.3, -0.25) is 4.79 Å². The molecule has 0 saturated heterocycles. The molecule has 5 nitrogen and oxygen atoms in total. The van der Waals surface area contributed by atoms with E-state index in [9.17, 15) is 4.79 Å². The number of aliphatic hydroxyl groups is 1. The van der Waals surface area contributed by atoms with Crippen molar-refractivity contribution in [2.24, 2.45) is 0 Å². The van der Waals surface area contributed by atoms with Gasteiger partial charge in [-0.25, -0.2) is 0 Å². The summed E-state index contributed by atoms with van der Waals surface area (Å²) in [5.74, 6) is 0.145. The SMILES string of the molecule is O=C(NCc1ccc(Br)cc1)C1=C[C@@H](c2cccs2)C[C@@H](OCCCCO)O1. The quantitative estimate of drug-likeness (QED) is 0.540.